The number of ether oxygens (including phenoxy) is 1. The smallest absolute Gasteiger partial charge is 0.281 e. The van der Waals surface area contributed by atoms with Gasteiger partial charge in [-0.1, -0.05) is 25.9 Å². The predicted molar refractivity (Wildman–Crippen MR) is 89.9 cm³/mol. The second kappa shape index (κ2) is 6.83. The highest BCUT2D eigenvalue weighted by atomic mass is 32.2. The average molecular weight is 342 g/mol. The van der Waals surface area contributed by atoms with Gasteiger partial charge in [-0.15, -0.1) is 0 Å². The van der Waals surface area contributed by atoms with Crippen molar-refractivity contribution in [2.24, 2.45) is 0 Å². The number of nitrogens with one attached hydrogen (secondary N) is 1. The number of hydrogen-bond donors (Lipinski definition) is 1. The third-order valence-corrected chi connectivity index (χ3v) is 5.97. The third kappa shape index (κ3) is 4.49. The quantitative estimate of drug-likeness (QED) is 0.831. The normalized spacial score (nSPS) is 20.5. The molecule has 2 rings (SSSR count). The van der Waals surface area contributed by atoms with Crippen LogP contribution < -0.4 is 5.32 Å². The molecule has 1 fully saturated rings. The van der Waals surface area contributed by atoms with Crippen molar-refractivity contribution in [1.82, 2.24) is 5.16 Å². The van der Waals surface area contributed by atoms with Crippen molar-refractivity contribution in [2.45, 2.75) is 63.7 Å². The summed E-state index contributed by atoms with van der Waals surface area (Å²) in [5.74, 6) is 1.09. The van der Waals surface area contributed by atoms with Crippen molar-refractivity contribution < 1.29 is 18.6 Å². The Morgan fingerprint density at radius 1 is 1.43 bits per heavy atom. The Bertz CT molecular complexity index is 545. The summed E-state index contributed by atoms with van der Waals surface area (Å²) in [7, 11) is 0. The molecule has 130 valence electrons. The summed E-state index contributed by atoms with van der Waals surface area (Å²) in [6.45, 7) is 10.1. The van der Waals surface area contributed by atoms with Crippen molar-refractivity contribution >= 4 is 22.9 Å². The minimum absolute atomic E-state index is 0.0116. The molecule has 1 aliphatic heterocycles. The number of nitrogens with zero attached hydrogens (tertiary/aromatic N) is 1. The van der Waals surface area contributed by atoms with Crippen LogP contribution in [-0.2, 0) is 26.1 Å². The Morgan fingerprint density at radius 2 is 2.13 bits per heavy atom. The van der Waals surface area contributed by atoms with Crippen LogP contribution in [0, 0.1) is 0 Å². The monoisotopic (exact) mass is 342 g/mol. The summed E-state index contributed by atoms with van der Waals surface area (Å²) in [6, 6.07) is 1.71. The first-order valence-corrected chi connectivity index (χ1v) is 9.21. The zero-order valence-electron chi connectivity index (χ0n) is 14.5. The maximum Gasteiger partial charge on any atom is 0.281 e. The van der Waals surface area contributed by atoms with Crippen LogP contribution in [0.1, 0.15) is 53.2 Å². The van der Waals surface area contributed by atoms with Crippen LogP contribution in [0.4, 0.5) is 5.82 Å². The summed E-state index contributed by atoms with van der Waals surface area (Å²) >= 11 is -1.33. The van der Waals surface area contributed by atoms with Crippen LogP contribution >= 0.6 is 0 Å². The van der Waals surface area contributed by atoms with Crippen molar-refractivity contribution in [3.8, 4) is 0 Å². The van der Waals surface area contributed by atoms with Gasteiger partial charge < -0.3 is 19.1 Å². The molecule has 0 aliphatic carbocycles. The standard InChI is InChI=1S/C16H26N2O4S/c1-15(2,3)12-9-13(18-22-12)17-14(19)16(4,5)23(20)10-11-7-6-8-21-11/h9,11H,6-8,10H2,1-5H3,(H,17,18,19). The molecule has 0 saturated carbocycles. The van der Waals surface area contributed by atoms with Crippen molar-refractivity contribution in [3.63, 3.8) is 0 Å². The summed E-state index contributed by atoms with van der Waals surface area (Å²) in [6.07, 6.45) is 1.88. The molecule has 1 amide bonds. The van der Waals surface area contributed by atoms with E-state index in [-0.39, 0.29) is 17.4 Å². The number of aromatic nitrogens is 1. The number of amides is 1. The lowest BCUT2D eigenvalue weighted by molar-refractivity contribution is -0.117. The highest BCUT2D eigenvalue weighted by Gasteiger charge is 2.42. The van der Waals surface area contributed by atoms with Gasteiger partial charge in [0.15, 0.2) is 10.6 Å². The van der Waals surface area contributed by atoms with E-state index in [1.807, 2.05) is 20.8 Å². The number of carbonyl (C=O) groups excluding carboxylic acids is 1. The Balaban J connectivity index is 1.98. The fourth-order valence-corrected chi connectivity index (χ4v) is 3.49. The van der Waals surface area contributed by atoms with Gasteiger partial charge >= 0.3 is 0 Å². The molecule has 1 aliphatic rings. The molecule has 1 aromatic heterocycles. The molecule has 0 radical (unpaired) electrons. The average Bonchev–Trinajstić information content (AvgIpc) is 3.09. The van der Waals surface area contributed by atoms with Crippen molar-refractivity contribution in [1.29, 1.82) is 0 Å². The van der Waals surface area contributed by atoms with E-state index in [1.165, 1.54) is 0 Å². The second-order valence-corrected chi connectivity index (χ2v) is 9.48. The van der Waals surface area contributed by atoms with E-state index in [4.69, 9.17) is 9.26 Å². The van der Waals surface area contributed by atoms with Gasteiger partial charge in [0.25, 0.3) is 5.91 Å². The molecule has 7 heteroatoms. The molecule has 1 saturated heterocycles. The Hall–Kier alpha value is -1.05. The van der Waals surface area contributed by atoms with Crippen LogP contribution in [0.3, 0.4) is 0 Å². The largest absolute Gasteiger partial charge is 0.615 e. The topological polar surface area (TPSA) is 87.4 Å². The molecule has 2 heterocycles. The maximum absolute atomic E-state index is 12.5. The molecule has 23 heavy (non-hydrogen) atoms. The van der Waals surface area contributed by atoms with Gasteiger partial charge in [-0.3, -0.25) is 4.79 Å². The van der Waals surface area contributed by atoms with Gasteiger partial charge in [-0.05, 0) is 37.9 Å². The molecule has 2 atom stereocenters. The molecule has 2 unspecified atom stereocenters. The number of rotatable bonds is 5. The molecule has 0 spiro atoms. The fraction of sp³-hybridized carbons (Fsp3) is 0.750. The summed E-state index contributed by atoms with van der Waals surface area (Å²) in [5, 5.41) is 6.57. The van der Waals surface area contributed by atoms with Gasteiger partial charge in [0, 0.05) is 18.1 Å². The molecule has 1 N–H and O–H groups in total. The highest BCUT2D eigenvalue weighted by molar-refractivity contribution is 7.93. The van der Waals surface area contributed by atoms with Crippen molar-refractivity contribution in [2.75, 3.05) is 17.7 Å². The first kappa shape index (κ1) is 18.3. The minimum atomic E-state index is -1.33. The zero-order valence-corrected chi connectivity index (χ0v) is 15.3. The Labute approximate surface area is 140 Å². The van der Waals surface area contributed by atoms with E-state index in [2.05, 4.69) is 10.5 Å². The van der Waals surface area contributed by atoms with Crippen LogP contribution in [0.5, 0.6) is 0 Å². The molecular formula is C16H26N2O4S. The third-order valence-electron chi connectivity index (χ3n) is 3.97. The number of anilines is 1. The first-order chi connectivity index (χ1) is 10.6. The molecule has 0 aromatic carbocycles. The SMILES string of the molecule is CC(C)(C)c1cc(NC(=O)C(C)(C)[S+]([O-])CC2CCCO2)no1. The van der Waals surface area contributed by atoms with E-state index in [9.17, 15) is 9.35 Å². The predicted octanol–water partition coefficient (Wildman–Crippen LogP) is 2.62. The minimum Gasteiger partial charge on any atom is -0.615 e. The van der Waals surface area contributed by atoms with Gasteiger partial charge in [-0.25, -0.2) is 0 Å². The Morgan fingerprint density at radius 3 is 2.65 bits per heavy atom. The molecule has 0 bridgehead atoms. The first-order valence-electron chi connectivity index (χ1n) is 7.89. The maximum atomic E-state index is 12.5. The van der Waals surface area contributed by atoms with E-state index >= 15 is 0 Å². The number of carbonyl (C=O) groups is 1. The van der Waals surface area contributed by atoms with Gasteiger partial charge in [0.2, 0.25) is 0 Å². The second-order valence-electron chi connectivity index (χ2n) is 7.44. The van der Waals surface area contributed by atoms with Crippen LogP contribution in [0.25, 0.3) is 0 Å². The zero-order chi connectivity index (χ0) is 17.3. The molecule has 1 aromatic rings. The van der Waals surface area contributed by atoms with Crippen LogP contribution in [-0.4, -0.2) is 38.8 Å². The van der Waals surface area contributed by atoms with Crippen molar-refractivity contribution in [3.05, 3.63) is 11.8 Å². The van der Waals surface area contributed by atoms with Crippen LogP contribution in [0.2, 0.25) is 0 Å². The molecule has 6 nitrogen and oxygen atoms in total. The van der Waals surface area contributed by atoms with E-state index in [0.29, 0.717) is 23.9 Å². The number of hydrogen-bond acceptors (Lipinski definition) is 5. The lowest BCUT2D eigenvalue weighted by Crippen LogP contribution is -2.47. The summed E-state index contributed by atoms with van der Waals surface area (Å²) in [5.41, 5.74) is -0.186. The van der Waals surface area contributed by atoms with Gasteiger partial charge in [0.05, 0.1) is 0 Å². The summed E-state index contributed by atoms with van der Waals surface area (Å²) in [4.78, 5) is 12.5. The lowest BCUT2D eigenvalue weighted by atomic mass is 9.93. The highest BCUT2D eigenvalue weighted by Crippen LogP contribution is 2.27. The lowest BCUT2D eigenvalue weighted by Gasteiger charge is -2.28. The molecular weight excluding hydrogens is 316 g/mol. The van der Waals surface area contributed by atoms with Crippen LogP contribution in [0.15, 0.2) is 10.6 Å². The van der Waals surface area contributed by atoms with E-state index in [1.54, 1.807) is 19.9 Å². The van der Waals surface area contributed by atoms with Gasteiger partial charge in [-0.2, -0.15) is 0 Å². The fourth-order valence-electron chi connectivity index (χ4n) is 2.21. The van der Waals surface area contributed by atoms with E-state index in [0.717, 1.165) is 12.8 Å². The van der Waals surface area contributed by atoms with E-state index < -0.39 is 15.9 Å². The summed E-state index contributed by atoms with van der Waals surface area (Å²) < 4.78 is 22.3. The Kier molecular flexibility index (Phi) is 5.43. The van der Waals surface area contributed by atoms with Gasteiger partial charge in [0.1, 0.15) is 17.6 Å².